The summed E-state index contributed by atoms with van der Waals surface area (Å²) in [5.41, 5.74) is 3.68. The van der Waals surface area contributed by atoms with Gasteiger partial charge in [-0.3, -0.25) is 4.79 Å². The Morgan fingerprint density at radius 2 is 1.55 bits per heavy atom. The maximum absolute atomic E-state index is 12.3. The lowest BCUT2D eigenvalue weighted by Crippen LogP contribution is -2.09. The van der Waals surface area contributed by atoms with E-state index in [0.717, 1.165) is 23.3 Å². The van der Waals surface area contributed by atoms with E-state index in [-0.39, 0.29) is 11.7 Å². The summed E-state index contributed by atoms with van der Waals surface area (Å²) in [4.78, 5) is 20.1. The third-order valence-corrected chi connectivity index (χ3v) is 4.47. The van der Waals surface area contributed by atoms with Crippen molar-refractivity contribution in [1.29, 1.82) is 0 Å². The van der Waals surface area contributed by atoms with Gasteiger partial charge in [0.05, 0.1) is 12.2 Å². The Labute approximate surface area is 172 Å². The Bertz CT molecular complexity index is 985. The molecule has 0 aliphatic carbocycles. The highest BCUT2D eigenvalue weighted by Gasteiger charge is 2.12. The summed E-state index contributed by atoms with van der Waals surface area (Å²) in [6.45, 7) is 4.71. The second-order valence-corrected chi connectivity index (χ2v) is 6.97. The first-order valence-electron chi connectivity index (χ1n) is 9.76. The van der Waals surface area contributed by atoms with Crippen LogP contribution in [-0.4, -0.2) is 22.4 Å². The number of benzene rings is 2. The van der Waals surface area contributed by atoms with Crippen molar-refractivity contribution < 1.29 is 9.53 Å². The van der Waals surface area contributed by atoms with Crippen molar-refractivity contribution in [1.82, 2.24) is 9.97 Å². The molecule has 0 aliphatic heterocycles. The van der Waals surface area contributed by atoms with Crippen LogP contribution in [0.4, 0.5) is 0 Å². The molecule has 1 unspecified atom stereocenters. The first-order chi connectivity index (χ1) is 14.1. The number of hydrogen-bond acceptors (Lipinski definition) is 4. The minimum absolute atomic E-state index is 0.0796. The van der Waals surface area contributed by atoms with Crippen LogP contribution in [-0.2, 0) is 6.42 Å². The predicted octanol–water partition coefficient (Wildman–Crippen LogP) is 4.73. The average molecular weight is 384 g/mol. The van der Waals surface area contributed by atoms with E-state index < -0.39 is 0 Å². The average Bonchev–Trinajstić information content (AvgIpc) is 2.75. The molecular formula is C25H24N2O2. The van der Waals surface area contributed by atoms with Gasteiger partial charge in [-0.15, -0.1) is 0 Å². The molecule has 1 heterocycles. The van der Waals surface area contributed by atoms with Crippen molar-refractivity contribution in [3.05, 3.63) is 89.5 Å². The maximum atomic E-state index is 12.3. The molecule has 0 N–H and O–H groups in total. The first-order valence-corrected chi connectivity index (χ1v) is 9.76. The van der Waals surface area contributed by atoms with E-state index in [1.807, 2.05) is 43.3 Å². The van der Waals surface area contributed by atoms with Gasteiger partial charge in [0.15, 0.2) is 5.78 Å². The summed E-state index contributed by atoms with van der Waals surface area (Å²) in [6, 6.07) is 16.0. The molecule has 0 bridgehead atoms. The lowest BCUT2D eigenvalue weighted by molar-refractivity contribution is 0.0964. The van der Waals surface area contributed by atoms with Gasteiger partial charge in [0.2, 0.25) is 0 Å². The summed E-state index contributed by atoms with van der Waals surface area (Å²) < 4.78 is 5.44. The molecule has 4 heteroatoms. The normalized spacial score (nSPS) is 11.2. The zero-order valence-electron chi connectivity index (χ0n) is 16.8. The van der Waals surface area contributed by atoms with Crippen molar-refractivity contribution in [2.75, 3.05) is 6.61 Å². The van der Waals surface area contributed by atoms with Crippen LogP contribution in [0.2, 0.25) is 0 Å². The SMILES string of the molecule is CCOc1ccc(C#Cc2ccc(CC(C)CC(=O)c3cncnc3)cc2)cc1. The maximum Gasteiger partial charge on any atom is 0.166 e. The molecule has 0 spiro atoms. The predicted molar refractivity (Wildman–Crippen MR) is 114 cm³/mol. The van der Waals surface area contributed by atoms with E-state index in [1.165, 1.54) is 11.9 Å². The summed E-state index contributed by atoms with van der Waals surface area (Å²) in [5.74, 6) is 7.54. The third-order valence-electron chi connectivity index (χ3n) is 4.47. The Morgan fingerprint density at radius 1 is 0.966 bits per heavy atom. The molecular weight excluding hydrogens is 360 g/mol. The summed E-state index contributed by atoms with van der Waals surface area (Å²) in [5, 5.41) is 0. The molecule has 146 valence electrons. The Kier molecular flexibility index (Phi) is 7.13. The number of carbonyl (C=O) groups is 1. The molecule has 3 rings (SSSR count). The lowest BCUT2D eigenvalue weighted by Gasteiger charge is -2.10. The van der Waals surface area contributed by atoms with Gasteiger partial charge in [0, 0.05) is 29.9 Å². The van der Waals surface area contributed by atoms with Gasteiger partial charge in [-0.1, -0.05) is 30.9 Å². The van der Waals surface area contributed by atoms with Gasteiger partial charge < -0.3 is 4.74 Å². The number of carbonyl (C=O) groups excluding carboxylic acids is 1. The van der Waals surface area contributed by atoms with E-state index in [4.69, 9.17) is 4.74 Å². The van der Waals surface area contributed by atoms with E-state index >= 15 is 0 Å². The molecule has 0 amide bonds. The fraction of sp³-hybridized carbons (Fsp3) is 0.240. The van der Waals surface area contributed by atoms with Gasteiger partial charge in [-0.05, 0) is 61.2 Å². The van der Waals surface area contributed by atoms with E-state index in [1.54, 1.807) is 12.4 Å². The van der Waals surface area contributed by atoms with Crippen molar-refractivity contribution in [2.45, 2.75) is 26.7 Å². The second kappa shape index (κ2) is 10.2. The monoisotopic (exact) mass is 384 g/mol. The van der Waals surface area contributed by atoms with Crippen LogP contribution in [0.5, 0.6) is 5.75 Å². The number of ether oxygens (including phenoxy) is 1. The molecule has 0 saturated carbocycles. The van der Waals surface area contributed by atoms with Crippen LogP contribution in [0.3, 0.4) is 0 Å². The number of ketones is 1. The molecule has 4 nitrogen and oxygen atoms in total. The van der Waals surface area contributed by atoms with Crippen molar-refractivity contribution in [3.63, 3.8) is 0 Å². The van der Waals surface area contributed by atoms with Gasteiger partial charge >= 0.3 is 0 Å². The number of Topliss-reactive ketones (excluding diaryl/α,β-unsaturated/α-hetero) is 1. The number of hydrogen-bond donors (Lipinski definition) is 0. The highest BCUT2D eigenvalue weighted by atomic mass is 16.5. The van der Waals surface area contributed by atoms with Crippen LogP contribution in [0.1, 0.15) is 47.3 Å². The summed E-state index contributed by atoms with van der Waals surface area (Å²) >= 11 is 0. The molecule has 1 aromatic heterocycles. The highest BCUT2D eigenvalue weighted by molar-refractivity contribution is 5.95. The molecule has 0 saturated heterocycles. The van der Waals surface area contributed by atoms with Gasteiger partial charge in [-0.2, -0.15) is 0 Å². The minimum Gasteiger partial charge on any atom is -0.494 e. The molecule has 1 atom stereocenters. The zero-order valence-corrected chi connectivity index (χ0v) is 16.8. The van der Waals surface area contributed by atoms with Crippen LogP contribution in [0.25, 0.3) is 0 Å². The Morgan fingerprint density at radius 3 is 2.14 bits per heavy atom. The van der Waals surface area contributed by atoms with Gasteiger partial charge in [0.1, 0.15) is 12.1 Å². The second-order valence-electron chi connectivity index (χ2n) is 6.97. The van der Waals surface area contributed by atoms with Crippen LogP contribution in [0.15, 0.2) is 67.3 Å². The van der Waals surface area contributed by atoms with Crippen molar-refractivity contribution in [2.24, 2.45) is 5.92 Å². The topological polar surface area (TPSA) is 52.1 Å². The Balaban J connectivity index is 1.55. The fourth-order valence-electron chi connectivity index (χ4n) is 3.02. The molecule has 0 aliphatic rings. The van der Waals surface area contributed by atoms with Crippen molar-refractivity contribution >= 4 is 5.78 Å². The number of rotatable bonds is 7. The Hall–Kier alpha value is -3.45. The van der Waals surface area contributed by atoms with Gasteiger partial charge in [0.25, 0.3) is 0 Å². The van der Waals surface area contributed by atoms with Crippen molar-refractivity contribution in [3.8, 4) is 17.6 Å². The van der Waals surface area contributed by atoms with E-state index in [9.17, 15) is 4.79 Å². The molecule has 2 aromatic carbocycles. The molecule has 3 aromatic rings. The minimum atomic E-state index is 0.0796. The quantitative estimate of drug-likeness (QED) is 0.437. The molecule has 0 fully saturated rings. The largest absolute Gasteiger partial charge is 0.494 e. The standard InChI is InChI=1S/C25H24N2O2/c1-3-29-24-12-10-21(11-13-24)5-4-20-6-8-22(9-7-20)14-19(2)15-25(28)23-16-26-18-27-17-23/h6-13,16-19H,3,14-15H2,1-2H3. The molecule has 29 heavy (non-hydrogen) atoms. The smallest absolute Gasteiger partial charge is 0.166 e. The van der Waals surface area contributed by atoms with Crippen LogP contribution < -0.4 is 4.74 Å². The zero-order chi connectivity index (χ0) is 20.5. The lowest BCUT2D eigenvalue weighted by atomic mass is 9.94. The van der Waals surface area contributed by atoms with Gasteiger partial charge in [-0.25, -0.2) is 9.97 Å². The number of nitrogens with zero attached hydrogens (tertiary/aromatic N) is 2. The first kappa shape index (κ1) is 20.3. The molecule has 0 radical (unpaired) electrons. The third kappa shape index (κ3) is 6.29. The van der Waals surface area contributed by atoms with Crippen LogP contribution >= 0.6 is 0 Å². The van der Waals surface area contributed by atoms with E-state index in [2.05, 4.69) is 40.9 Å². The summed E-state index contributed by atoms with van der Waals surface area (Å²) in [7, 11) is 0. The number of aromatic nitrogens is 2. The fourth-order valence-corrected chi connectivity index (χ4v) is 3.02. The highest BCUT2D eigenvalue weighted by Crippen LogP contribution is 2.16. The van der Waals surface area contributed by atoms with E-state index in [0.29, 0.717) is 18.6 Å². The van der Waals surface area contributed by atoms with Crippen LogP contribution in [0, 0.1) is 17.8 Å². The summed E-state index contributed by atoms with van der Waals surface area (Å²) in [6.07, 6.45) is 5.89.